The minimum atomic E-state index is -0.967. The maximum atomic E-state index is 10.6. The van der Waals surface area contributed by atoms with E-state index in [1.54, 1.807) is 6.92 Å². The van der Waals surface area contributed by atoms with Crippen LogP contribution >= 0.6 is 0 Å². The smallest absolute Gasteiger partial charge is 0.258 e. The molecule has 1 aliphatic rings. The molecule has 0 aromatic heterocycles. The predicted molar refractivity (Wildman–Crippen MR) is 40.1 cm³/mol. The summed E-state index contributed by atoms with van der Waals surface area (Å²) in [5.74, 6) is 0. The van der Waals surface area contributed by atoms with Crippen LogP contribution in [-0.4, -0.2) is 47.5 Å². The number of rotatable bonds is 1. The van der Waals surface area contributed by atoms with Crippen molar-refractivity contribution in [1.29, 1.82) is 0 Å². The third-order valence-electron chi connectivity index (χ3n) is 2.31. The Bertz CT molecular complexity index is 161. The average molecular weight is 159 g/mol. The Morgan fingerprint density at radius 3 is 2.36 bits per heavy atom. The fraction of sp³-hybridized carbons (Fsp3) is 0.857. The van der Waals surface area contributed by atoms with Crippen LogP contribution in [-0.2, 0) is 4.79 Å². The van der Waals surface area contributed by atoms with E-state index in [1.807, 2.05) is 14.1 Å². The average Bonchev–Trinajstić information content (AvgIpc) is 2.03. The highest BCUT2D eigenvalue weighted by molar-refractivity contribution is 5.46. The minimum absolute atomic E-state index is 0.441. The molecule has 0 spiro atoms. The van der Waals surface area contributed by atoms with Crippen molar-refractivity contribution in [3.8, 4) is 0 Å². The lowest BCUT2D eigenvalue weighted by atomic mass is 10.2. The Kier molecular flexibility index (Phi) is 1.69. The van der Waals surface area contributed by atoms with Crippen LogP contribution in [0.15, 0.2) is 0 Å². The Hall–Kier alpha value is -0.610. The predicted octanol–water partition coefficient (Wildman–Crippen LogP) is -0.452. The minimum Gasteiger partial charge on any atom is -0.367 e. The third kappa shape index (κ3) is 1.23. The molecule has 0 aromatic rings. The standard InChI is InChI=1S/C7H15N2O2/c1-7(11)4-5-9(2,3)8(7)6-10/h6,11H,4-5H2,1-3H3/q+1/t7-/m0/s1. The Morgan fingerprint density at radius 2 is 2.18 bits per heavy atom. The van der Waals surface area contributed by atoms with Gasteiger partial charge in [0.1, 0.15) is 6.54 Å². The molecule has 1 heterocycles. The number of carbonyl (C=O) groups is 1. The van der Waals surface area contributed by atoms with Gasteiger partial charge in [0.2, 0.25) is 0 Å². The van der Waals surface area contributed by atoms with E-state index in [-0.39, 0.29) is 0 Å². The summed E-state index contributed by atoms with van der Waals surface area (Å²) in [5, 5.41) is 11.1. The number of hydrogen-bond donors (Lipinski definition) is 1. The maximum Gasteiger partial charge on any atom is 0.258 e. The highest BCUT2D eigenvalue weighted by atomic mass is 16.3. The van der Waals surface area contributed by atoms with Crippen LogP contribution in [0.2, 0.25) is 0 Å². The zero-order valence-corrected chi connectivity index (χ0v) is 7.24. The normalized spacial score (nSPS) is 35.8. The zero-order chi connectivity index (χ0) is 8.70. The first-order valence-corrected chi connectivity index (χ1v) is 3.71. The molecule has 1 rings (SSSR count). The van der Waals surface area contributed by atoms with E-state index in [1.165, 1.54) is 5.01 Å². The van der Waals surface area contributed by atoms with Crippen LogP contribution in [0.1, 0.15) is 13.3 Å². The molecule has 1 fully saturated rings. The number of hydrogen-bond acceptors (Lipinski definition) is 2. The second-order valence-electron chi connectivity index (χ2n) is 3.76. The van der Waals surface area contributed by atoms with Gasteiger partial charge in [-0.05, 0) is 6.92 Å². The summed E-state index contributed by atoms with van der Waals surface area (Å²) in [6.07, 6.45) is 1.34. The van der Waals surface area contributed by atoms with Gasteiger partial charge in [-0.25, -0.2) is 4.59 Å². The van der Waals surface area contributed by atoms with Crippen molar-refractivity contribution in [2.75, 3.05) is 20.6 Å². The first-order chi connectivity index (χ1) is 4.90. The first-order valence-electron chi connectivity index (χ1n) is 3.71. The molecule has 1 saturated heterocycles. The van der Waals surface area contributed by atoms with E-state index in [0.717, 1.165) is 6.54 Å². The van der Waals surface area contributed by atoms with Crippen LogP contribution in [0.4, 0.5) is 0 Å². The van der Waals surface area contributed by atoms with Gasteiger partial charge in [0.15, 0.2) is 5.72 Å². The molecule has 64 valence electrons. The van der Waals surface area contributed by atoms with Gasteiger partial charge in [0.25, 0.3) is 6.41 Å². The Morgan fingerprint density at radius 1 is 1.64 bits per heavy atom. The van der Waals surface area contributed by atoms with Gasteiger partial charge in [0, 0.05) is 0 Å². The van der Waals surface area contributed by atoms with Crippen molar-refractivity contribution in [3.63, 3.8) is 0 Å². The fourth-order valence-corrected chi connectivity index (χ4v) is 1.53. The molecule has 0 aromatic carbocycles. The molecule has 0 radical (unpaired) electrons. The van der Waals surface area contributed by atoms with Crippen LogP contribution in [0.5, 0.6) is 0 Å². The summed E-state index contributed by atoms with van der Waals surface area (Å²) in [6.45, 7) is 2.46. The van der Waals surface area contributed by atoms with Crippen molar-refractivity contribution in [2.45, 2.75) is 19.1 Å². The second kappa shape index (κ2) is 2.19. The van der Waals surface area contributed by atoms with Gasteiger partial charge in [-0.2, -0.15) is 5.01 Å². The molecular formula is C7H15N2O2+. The Labute approximate surface area is 66.6 Å². The molecule has 1 amide bonds. The zero-order valence-electron chi connectivity index (χ0n) is 7.24. The number of carbonyl (C=O) groups excluding carboxylic acids is 1. The summed E-state index contributed by atoms with van der Waals surface area (Å²) in [7, 11) is 3.80. The van der Waals surface area contributed by atoms with Gasteiger partial charge < -0.3 is 5.11 Å². The third-order valence-corrected chi connectivity index (χ3v) is 2.31. The topological polar surface area (TPSA) is 40.5 Å². The molecule has 0 unspecified atom stereocenters. The monoisotopic (exact) mass is 159 g/mol. The molecule has 1 N–H and O–H groups in total. The van der Waals surface area contributed by atoms with Gasteiger partial charge >= 0.3 is 0 Å². The van der Waals surface area contributed by atoms with Gasteiger partial charge in [-0.3, -0.25) is 4.79 Å². The molecule has 0 aliphatic carbocycles. The highest BCUT2D eigenvalue weighted by Gasteiger charge is 2.47. The van der Waals surface area contributed by atoms with Gasteiger partial charge in [-0.15, -0.1) is 0 Å². The lowest BCUT2D eigenvalue weighted by Gasteiger charge is -2.34. The Balaban J connectivity index is 2.88. The second-order valence-corrected chi connectivity index (χ2v) is 3.76. The van der Waals surface area contributed by atoms with Crippen molar-refractivity contribution >= 4 is 6.41 Å². The van der Waals surface area contributed by atoms with Gasteiger partial charge in [-0.1, -0.05) is 0 Å². The van der Waals surface area contributed by atoms with E-state index in [0.29, 0.717) is 17.4 Å². The summed E-state index contributed by atoms with van der Waals surface area (Å²) < 4.78 is 0.441. The summed E-state index contributed by atoms with van der Waals surface area (Å²) in [4.78, 5) is 10.6. The molecule has 0 saturated carbocycles. The quantitative estimate of drug-likeness (QED) is 0.416. The molecule has 0 bridgehead atoms. The SMILES string of the molecule is C[C@]1(O)CC[N+](C)(C)N1C=O. The molecule has 4 heteroatoms. The van der Waals surface area contributed by atoms with E-state index >= 15 is 0 Å². The van der Waals surface area contributed by atoms with E-state index < -0.39 is 5.72 Å². The van der Waals surface area contributed by atoms with Crippen LogP contribution in [0.25, 0.3) is 0 Å². The molecule has 1 aliphatic heterocycles. The van der Waals surface area contributed by atoms with Gasteiger partial charge in [0.05, 0.1) is 20.5 Å². The summed E-state index contributed by atoms with van der Waals surface area (Å²) in [5.41, 5.74) is -0.967. The number of aliphatic hydroxyl groups is 1. The van der Waals surface area contributed by atoms with Crippen LogP contribution in [0, 0.1) is 0 Å². The van der Waals surface area contributed by atoms with E-state index in [4.69, 9.17) is 0 Å². The maximum absolute atomic E-state index is 10.6. The van der Waals surface area contributed by atoms with Crippen molar-refractivity contribution in [3.05, 3.63) is 0 Å². The largest absolute Gasteiger partial charge is 0.367 e. The lowest BCUT2D eigenvalue weighted by molar-refractivity contribution is -0.983. The molecule has 11 heavy (non-hydrogen) atoms. The number of amides is 1. The first kappa shape index (κ1) is 8.49. The molecule has 1 atom stereocenters. The number of quaternary nitrogens is 1. The van der Waals surface area contributed by atoms with E-state index in [9.17, 15) is 9.90 Å². The lowest BCUT2D eigenvalue weighted by Crippen LogP contribution is -2.55. The van der Waals surface area contributed by atoms with Crippen LogP contribution in [0.3, 0.4) is 0 Å². The number of nitrogens with zero attached hydrogens (tertiary/aromatic N) is 2. The van der Waals surface area contributed by atoms with Crippen molar-refractivity contribution in [1.82, 2.24) is 5.01 Å². The molecular weight excluding hydrogens is 144 g/mol. The summed E-state index contributed by atoms with van der Waals surface area (Å²) in [6, 6.07) is 0. The van der Waals surface area contributed by atoms with E-state index in [2.05, 4.69) is 0 Å². The fourth-order valence-electron chi connectivity index (χ4n) is 1.53. The van der Waals surface area contributed by atoms with Crippen LogP contribution < -0.4 is 0 Å². The van der Waals surface area contributed by atoms with Crippen molar-refractivity contribution in [2.24, 2.45) is 0 Å². The summed E-state index contributed by atoms with van der Waals surface area (Å²) >= 11 is 0. The van der Waals surface area contributed by atoms with Crippen molar-refractivity contribution < 1.29 is 14.5 Å². The highest BCUT2D eigenvalue weighted by Crippen LogP contribution is 2.28. The molecule has 4 nitrogen and oxygen atoms in total.